The normalized spacial score (nSPS) is 25.0. The number of hydrogen-bond donors (Lipinski definition) is 1. The van der Waals surface area contributed by atoms with Crippen LogP contribution in [-0.4, -0.2) is 15.0 Å². The van der Waals surface area contributed by atoms with E-state index in [2.05, 4.69) is 11.6 Å². The molecule has 1 aromatic rings. The second kappa shape index (κ2) is 5.19. The molecule has 1 aromatic carbocycles. The van der Waals surface area contributed by atoms with Crippen LogP contribution in [0.3, 0.4) is 0 Å². The molecule has 0 amide bonds. The zero-order chi connectivity index (χ0) is 12.3. The maximum absolute atomic E-state index is 12.0. The molecule has 4 heteroatoms. The van der Waals surface area contributed by atoms with Gasteiger partial charge in [0.05, 0.1) is 4.90 Å². The van der Waals surface area contributed by atoms with E-state index in [1.54, 1.807) is 24.3 Å². The van der Waals surface area contributed by atoms with Crippen LogP contribution < -0.4 is 4.72 Å². The van der Waals surface area contributed by atoms with E-state index in [1.165, 1.54) is 12.8 Å². The van der Waals surface area contributed by atoms with Crippen molar-refractivity contribution in [2.24, 2.45) is 11.8 Å². The summed E-state index contributed by atoms with van der Waals surface area (Å²) >= 11 is 0. The number of hydrogen-bond acceptors (Lipinski definition) is 2. The molecule has 1 aliphatic rings. The summed E-state index contributed by atoms with van der Waals surface area (Å²) in [4.78, 5) is 0.352. The van der Waals surface area contributed by atoms with Crippen molar-refractivity contribution in [1.29, 1.82) is 0 Å². The molecule has 0 radical (unpaired) electrons. The van der Waals surface area contributed by atoms with Crippen molar-refractivity contribution >= 4 is 10.0 Å². The van der Waals surface area contributed by atoms with Gasteiger partial charge in [0.2, 0.25) is 10.0 Å². The van der Waals surface area contributed by atoms with Gasteiger partial charge in [-0.15, -0.1) is 0 Å². The lowest BCUT2D eigenvalue weighted by Gasteiger charge is -2.15. The minimum Gasteiger partial charge on any atom is -0.211 e. The molecule has 17 heavy (non-hydrogen) atoms. The predicted molar refractivity (Wildman–Crippen MR) is 68.1 cm³/mol. The first kappa shape index (κ1) is 12.6. The van der Waals surface area contributed by atoms with Crippen LogP contribution >= 0.6 is 0 Å². The highest BCUT2D eigenvalue weighted by molar-refractivity contribution is 7.89. The summed E-state index contributed by atoms with van der Waals surface area (Å²) in [5, 5.41) is 0. The largest absolute Gasteiger partial charge is 0.240 e. The molecule has 2 rings (SSSR count). The molecule has 1 fully saturated rings. The molecular weight excluding hydrogens is 234 g/mol. The number of nitrogens with one attached hydrogen (secondary N) is 1. The van der Waals surface area contributed by atoms with Crippen LogP contribution in [0.2, 0.25) is 0 Å². The summed E-state index contributed by atoms with van der Waals surface area (Å²) in [6.45, 7) is 2.77. The van der Waals surface area contributed by atoms with Gasteiger partial charge in [0.25, 0.3) is 0 Å². The minimum atomic E-state index is -3.32. The first-order chi connectivity index (χ1) is 8.09. The molecule has 1 saturated carbocycles. The quantitative estimate of drug-likeness (QED) is 0.895. The third kappa shape index (κ3) is 3.07. The summed E-state index contributed by atoms with van der Waals surface area (Å²) in [6, 6.07) is 8.55. The Labute approximate surface area is 103 Å². The monoisotopic (exact) mass is 253 g/mol. The van der Waals surface area contributed by atoms with Crippen molar-refractivity contribution in [2.45, 2.75) is 31.1 Å². The van der Waals surface area contributed by atoms with Crippen LogP contribution in [0.1, 0.15) is 26.2 Å². The van der Waals surface area contributed by atoms with Crippen LogP contribution in [0.25, 0.3) is 0 Å². The molecule has 1 aliphatic carbocycles. The Morgan fingerprint density at radius 3 is 2.53 bits per heavy atom. The fourth-order valence-corrected chi connectivity index (χ4v) is 3.54. The van der Waals surface area contributed by atoms with E-state index < -0.39 is 10.0 Å². The Hall–Kier alpha value is -0.870. The van der Waals surface area contributed by atoms with Gasteiger partial charge in [0.15, 0.2) is 0 Å². The Bertz CT molecular complexity index is 456. The molecule has 0 saturated heterocycles. The Kier molecular flexibility index (Phi) is 3.84. The average Bonchev–Trinajstić information content (AvgIpc) is 2.74. The van der Waals surface area contributed by atoms with E-state index in [0.29, 0.717) is 23.3 Å². The van der Waals surface area contributed by atoms with Gasteiger partial charge in [0.1, 0.15) is 0 Å². The van der Waals surface area contributed by atoms with E-state index in [0.717, 1.165) is 6.42 Å². The van der Waals surface area contributed by atoms with Crippen molar-refractivity contribution in [3.8, 4) is 0 Å². The van der Waals surface area contributed by atoms with Crippen LogP contribution in [0.4, 0.5) is 0 Å². The van der Waals surface area contributed by atoms with Gasteiger partial charge >= 0.3 is 0 Å². The molecule has 0 spiro atoms. The summed E-state index contributed by atoms with van der Waals surface area (Å²) in [5.41, 5.74) is 0. The lowest BCUT2D eigenvalue weighted by Crippen LogP contribution is -2.30. The maximum atomic E-state index is 12.0. The summed E-state index contributed by atoms with van der Waals surface area (Å²) < 4.78 is 26.7. The highest BCUT2D eigenvalue weighted by Gasteiger charge is 2.25. The molecule has 0 bridgehead atoms. The summed E-state index contributed by atoms with van der Waals surface area (Å²) in [5.74, 6) is 1.13. The zero-order valence-electron chi connectivity index (χ0n) is 10.1. The van der Waals surface area contributed by atoms with Crippen molar-refractivity contribution in [1.82, 2.24) is 4.72 Å². The van der Waals surface area contributed by atoms with Gasteiger partial charge < -0.3 is 0 Å². The number of sulfonamides is 1. The Morgan fingerprint density at radius 1 is 1.24 bits per heavy atom. The van der Waals surface area contributed by atoms with E-state index in [1.807, 2.05) is 6.07 Å². The van der Waals surface area contributed by atoms with E-state index in [4.69, 9.17) is 0 Å². The average molecular weight is 253 g/mol. The van der Waals surface area contributed by atoms with Gasteiger partial charge in [-0.3, -0.25) is 0 Å². The van der Waals surface area contributed by atoms with Crippen LogP contribution in [-0.2, 0) is 10.0 Å². The van der Waals surface area contributed by atoms with Crippen molar-refractivity contribution in [3.05, 3.63) is 30.3 Å². The topological polar surface area (TPSA) is 46.2 Å². The molecule has 2 unspecified atom stereocenters. The smallest absolute Gasteiger partial charge is 0.211 e. The summed E-state index contributed by atoms with van der Waals surface area (Å²) in [7, 11) is -3.32. The van der Waals surface area contributed by atoms with Gasteiger partial charge in [-0.05, 0) is 30.4 Å². The Morgan fingerprint density at radius 2 is 1.94 bits per heavy atom. The number of benzene rings is 1. The maximum Gasteiger partial charge on any atom is 0.240 e. The second-order valence-corrected chi connectivity index (χ2v) is 6.60. The standard InChI is InChI=1S/C13H19NO2S/c1-11-6-5-7-12(11)10-14-17(15,16)13-8-3-2-4-9-13/h2-4,8-9,11-12,14H,5-7,10H2,1H3. The molecule has 94 valence electrons. The predicted octanol–water partition coefficient (Wildman–Crippen LogP) is 2.40. The highest BCUT2D eigenvalue weighted by Crippen LogP contribution is 2.30. The lowest BCUT2D eigenvalue weighted by atomic mass is 9.99. The first-order valence-corrected chi connectivity index (χ1v) is 7.62. The molecule has 1 N–H and O–H groups in total. The van der Waals surface area contributed by atoms with Gasteiger partial charge in [0, 0.05) is 6.54 Å². The first-order valence-electron chi connectivity index (χ1n) is 6.14. The van der Waals surface area contributed by atoms with Crippen LogP contribution in [0.15, 0.2) is 35.2 Å². The molecule has 0 aliphatic heterocycles. The van der Waals surface area contributed by atoms with Crippen molar-refractivity contribution in [3.63, 3.8) is 0 Å². The second-order valence-electron chi connectivity index (χ2n) is 4.83. The number of rotatable bonds is 4. The van der Waals surface area contributed by atoms with E-state index >= 15 is 0 Å². The molecule has 3 nitrogen and oxygen atoms in total. The zero-order valence-corrected chi connectivity index (χ0v) is 10.9. The molecular formula is C13H19NO2S. The Balaban J connectivity index is 1.99. The third-order valence-electron chi connectivity index (χ3n) is 3.63. The van der Waals surface area contributed by atoms with E-state index in [-0.39, 0.29) is 0 Å². The SMILES string of the molecule is CC1CCCC1CNS(=O)(=O)c1ccccc1. The van der Waals surface area contributed by atoms with Gasteiger partial charge in [-0.1, -0.05) is 38.0 Å². The van der Waals surface area contributed by atoms with Crippen LogP contribution in [0, 0.1) is 11.8 Å². The van der Waals surface area contributed by atoms with Gasteiger partial charge in [-0.2, -0.15) is 0 Å². The fourth-order valence-electron chi connectivity index (χ4n) is 2.43. The summed E-state index contributed by atoms with van der Waals surface area (Å²) in [6.07, 6.45) is 3.58. The third-order valence-corrected chi connectivity index (χ3v) is 5.07. The minimum absolute atomic E-state index is 0.352. The van der Waals surface area contributed by atoms with Crippen LogP contribution in [0.5, 0.6) is 0 Å². The fraction of sp³-hybridized carbons (Fsp3) is 0.538. The van der Waals surface area contributed by atoms with Gasteiger partial charge in [-0.25, -0.2) is 13.1 Å². The molecule has 0 heterocycles. The van der Waals surface area contributed by atoms with E-state index in [9.17, 15) is 8.42 Å². The van der Waals surface area contributed by atoms with Crippen molar-refractivity contribution in [2.75, 3.05) is 6.54 Å². The highest BCUT2D eigenvalue weighted by atomic mass is 32.2. The molecule has 0 aromatic heterocycles. The molecule has 2 atom stereocenters. The lowest BCUT2D eigenvalue weighted by molar-refractivity contribution is 0.414. The van der Waals surface area contributed by atoms with Crippen molar-refractivity contribution < 1.29 is 8.42 Å².